The fraction of sp³-hybridized carbons (Fsp3) is 0.360. The van der Waals surface area contributed by atoms with Gasteiger partial charge < -0.3 is 9.88 Å². The number of nitrogens with zero attached hydrogens (tertiary/aromatic N) is 2. The molecule has 2 aliphatic heterocycles. The molecule has 3 atom stereocenters. The number of fused-ring (bicyclic) bond motifs is 4. The summed E-state index contributed by atoms with van der Waals surface area (Å²) in [6, 6.07) is 0.549. The number of aromatic nitrogens is 2. The molecule has 3 unspecified atom stereocenters. The summed E-state index contributed by atoms with van der Waals surface area (Å²) in [7, 11) is 0. The second kappa shape index (κ2) is 6.31. The predicted molar refractivity (Wildman–Crippen MR) is 113 cm³/mol. The Bertz CT molecular complexity index is 1090. The van der Waals surface area contributed by atoms with E-state index in [1.165, 1.54) is 22.4 Å². The number of ketones is 1. The van der Waals surface area contributed by atoms with Crippen LogP contribution in [0.25, 0.3) is 0 Å². The maximum absolute atomic E-state index is 13.6. The smallest absolute Gasteiger partial charge is 0.184 e. The molecule has 6 rings (SSSR count). The Kier molecular flexibility index (Phi) is 3.70. The van der Waals surface area contributed by atoms with Crippen LogP contribution in [0, 0.1) is 12.8 Å². The van der Waals surface area contributed by atoms with Crippen molar-refractivity contribution in [2.75, 3.05) is 0 Å². The van der Waals surface area contributed by atoms with Crippen LogP contribution in [0.5, 0.6) is 0 Å². The molecule has 0 fully saturated rings. The lowest BCUT2D eigenvalue weighted by molar-refractivity contribution is -0.112. The average Bonchev–Trinajstić information content (AvgIpc) is 3.25. The highest BCUT2D eigenvalue weighted by Gasteiger charge is 2.46. The number of hydrogen-bond donors (Lipinski definition) is 1. The van der Waals surface area contributed by atoms with Crippen molar-refractivity contribution in [2.24, 2.45) is 5.92 Å². The lowest BCUT2D eigenvalue weighted by Gasteiger charge is -2.39. The van der Waals surface area contributed by atoms with Gasteiger partial charge in [-0.3, -0.25) is 4.79 Å². The molecule has 29 heavy (non-hydrogen) atoms. The third kappa shape index (κ3) is 2.44. The minimum absolute atomic E-state index is 0.205. The second-order valence-corrected chi connectivity index (χ2v) is 8.71. The number of carbonyl (C=O) groups excluding carboxylic acids is 1. The molecule has 5 aliphatic rings. The van der Waals surface area contributed by atoms with Gasteiger partial charge in [0.25, 0.3) is 0 Å². The van der Waals surface area contributed by atoms with Gasteiger partial charge in [-0.25, -0.2) is 4.98 Å². The van der Waals surface area contributed by atoms with E-state index in [0.29, 0.717) is 0 Å². The van der Waals surface area contributed by atoms with Gasteiger partial charge >= 0.3 is 0 Å². The Morgan fingerprint density at radius 1 is 1.24 bits per heavy atom. The number of rotatable bonds is 2. The molecule has 0 saturated heterocycles. The zero-order valence-corrected chi connectivity index (χ0v) is 16.7. The van der Waals surface area contributed by atoms with Crippen LogP contribution in [-0.4, -0.2) is 32.7 Å². The summed E-state index contributed by atoms with van der Waals surface area (Å²) < 4.78 is 0. The van der Waals surface area contributed by atoms with Gasteiger partial charge in [-0.2, -0.15) is 0 Å². The number of aryl methyl sites for hydroxylation is 1. The molecule has 0 spiro atoms. The molecular weight excluding hydrogens is 358 g/mol. The van der Waals surface area contributed by atoms with Crippen LogP contribution in [0.3, 0.4) is 0 Å². The number of hydrogen-bond acceptors (Lipinski definition) is 3. The normalized spacial score (nSPS) is 29.7. The second-order valence-electron chi connectivity index (χ2n) is 8.71. The van der Waals surface area contributed by atoms with E-state index >= 15 is 0 Å². The summed E-state index contributed by atoms with van der Waals surface area (Å²) >= 11 is 0. The molecule has 0 radical (unpaired) electrons. The van der Waals surface area contributed by atoms with Crippen molar-refractivity contribution in [1.29, 1.82) is 0 Å². The number of carbonyl (C=O) groups is 1. The van der Waals surface area contributed by atoms with E-state index in [4.69, 9.17) is 0 Å². The van der Waals surface area contributed by atoms with E-state index in [1.54, 1.807) is 6.33 Å². The molecule has 0 amide bonds. The Balaban J connectivity index is 1.54. The third-order valence-electron chi connectivity index (χ3n) is 7.17. The third-order valence-corrected chi connectivity index (χ3v) is 7.17. The Morgan fingerprint density at radius 2 is 2.17 bits per heavy atom. The Hall–Kier alpha value is -2.88. The molecule has 1 N–H and O–H groups in total. The Labute approximate surface area is 171 Å². The summed E-state index contributed by atoms with van der Waals surface area (Å²) in [5, 5.41) is 0. The zero-order chi connectivity index (χ0) is 19.5. The van der Waals surface area contributed by atoms with Crippen molar-refractivity contribution in [1.82, 2.24) is 14.9 Å². The first-order valence-electron chi connectivity index (χ1n) is 10.7. The molecule has 4 heteroatoms. The van der Waals surface area contributed by atoms with Crippen molar-refractivity contribution in [3.63, 3.8) is 0 Å². The SMILES string of the molecule is Cc1[nH]cnc1CC1CCC2=C3C=CC=CC3N3C2=C1C(=O)C=C1C=CCCC13. The average molecular weight is 383 g/mol. The number of imidazole rings is 1. The maximum atomic E-state index is 13.6. The van der Waals surface area contributed by atoms with Crippen LogP contribution in [-0.2, 0) is 11.2 Å². The molecule has 146 valence electrons. The summed E-state index contributed by atoms with van der Waals surface area (Å²) in [4.78, 5) is 23.9. The minimum atomic E-state index is 0.205. The highest BCUT2D eigenvalue weighted by atomic mass is 16.1. The van der Waals surface area contributed by atoms with E-state index in [1.807, 2.05) is 6.08 Å². The van der Waals surface area contributed by atoms with Crippen LogP contribution in [0.15, 0.2) is 76.8 Å². The highest BCUT2D eigenvalue weighted by molar-refractivity contribution is 6.07. The van der Waals surface area contributed by atoms with Gasteiger partial charge in [-0.15, -0.1) is 0 Å². The lowest BCUT2D eigenvalue weighted by atomic mass is 9.78. The fourth-order valence-corrected chi connectivity index (χ4v) is 5.83. The summed E-state index contributed by atoms with van der Waals surface area (Å²) in [5.41, 5.74) is 8.43. The highest BCUT2D eigenvalue weighted by Crippen LogP contribution is 2.50. The zero-order valence-electron chi connectivity index (χ0n) is 16.7. The van der Waals surface area contributed by atoms with Crippen molar-refractivity contribution in [2.45, 2.75) is 51.1 Å². The van der Waals surface area contributed by atoms with Crippen molar-refractivity contribution < 1.29 is 4.79 Å². The molecule has 3 aliphatic carbocycles. The standard InChI is InChI=1S/C25H25N3O/c1-15-20(27-14-26-15)12-17-10-11-19-18-7-3-5-9-22(18)28-21-8-4-2-6-16(21)13-23(29)24(17)25(19)28/h2-3,5-7,9,13-14,17,21-22H,4,8,10-12H2,1H3,(H,26,27). The van der Waals surface area contributed by atoms with Crippen LogP contribution in [0.1, 0.15) is 37.1 Å². The number of allylic oxidation sites excluding steroid dienone is 6. The van der Waals surface area contributed by atoms with Crippen LogP contribution < -0.4 is 0 Å². The molecule has 0 bridgehead atoms. The van der Waals surface area contributed by atoms with Gasteiger partial charge in [0, 0.05) is 17.0 Å². The quantitative estimate of drug-likeness (QED) is 0.830. The van der Waals surface area contributed by atoms with Crippen molar-refractivity contribution >= 4 is 5.78 Å². The van der Waals surface area contributed by atoms with Gasteiger partial charge in [0.05, 0.1) is 24.1 Å². The maximum Gasteiger partial charge on any atom is 0.184 e. The number of H-pyrrole nitrogens is 1. The van der Waals surface area contributed by atoms with Crippen LogP contribution in [0.2, 0.25) is 0 Å². The lowest BCUT2D eigenvalue weighted by Crippen LogP contribution is -2.41. The Morgan fingerprint density at radius 3 is 3.03 bits per heavy atom. The van der Waals surface area contributed by atoms with Crippen molar-refractivity contribution in [3.05, 3.63) is 88.2 Å². The van der Waals surface area contributed by atoms with E-state index in [0.717, 1.165) is 49.1 Å². The van der Waals surface area contributed by atoms with E-state index < -0.39 is 0 Å². The summed E-state index contributed by atoms with van der Waals surface area (Å²) in [5.74, 6) is 0.428. The topological polar surface area (TPSA) is 49.0 Å². The monoisotopic (exact) mass is 383 g/mol. The minimum Gasteiger partial charge on any atom is -0.353 e. The molecule has 1 aromatic rings. The van der Waals surface area contributed by atoms with Crippen LogP contribution >= 0.6 is 0 Å². The molecular formula is C25H25N3O. The first-order chi connectivity index (χ1) is 14.2. The fourth-order valence-electron chi connectivity index (χ4n) is 5.83. The first kappa shape index (κ1) is 17.0. The van der Waals surface area contributed by atoms with E-state index in [9.17, 15) is 4.79 Å². The summed E-state index contributed by atoms with van der Waals surface area (Å²) in [6.07, 6.45) is 22.0. The van der Waals surface area contributed by atoms with Gasteiger partial charge in [-0.1, -0.05) is 36.5 Å². The summed E-state index contributed by atoms with van der Waals surface area (Å²) in [6.45, 7) is 2.07. The van der Waals surface area contributed by atoms with E-state index in [2.05, 4.69) is 58.2 Å². The number of aromatic amines is 1. The van der Waals surface area contributed by atoms with Gasteiger partial charge in [0.15, 0.2) is 5.78 Å². The number of nitrogens with one attached hydrogen (secondary N) is 1. The predicted octanol–water partition coefficient (Wildman–Crippen LogP) is 4.26. The van der Waals surface area contributed by atoms with Crippen molar-refractivity contribution in [3.8, 4) is 0 Å². The van der Waals surface area contributed by atoms with Gasteiger partial charge in [0.1, 0.15) is 0 Å². The van der Waals surface area contributed by atoms with Crippen LogP contribution in [0.4, 0.5) is 0 Å². The van der Waals surface area contributed by atoms with E-state index in [-0.39, 0.29) is 23.8 Å². The van der Waals surface area contributed by atoms with Gasteiger partial charge in [0.2, 0.25) is 0 Å². The first-order valence-corrected chi connectivity index (χ1v) is 10.7. The molecule has 4 nitrogen and oxygen atoms in total. The van der Waals surface area contributed by atoms with Gasteiger partial charge in [-0.05, 0) is 67.7 Å². The molecule has 0 saturated carbocycles. The molecule has 3 heterocycles. The molecule has 0 aromatic carbocycles. The molecule has 1 aromatic heterocycles. The largest absolute Gasteiger partial charge is 0.353 e.